The highest BCUT2D eigenvalue weighted by molar-refractivity contribution is 6.11. The molecule has 0 N–H and O–H groups in total. The van der Waals surface area contributed by atoms with Crippen molar-refractivity contribution in [1.29, 1.82) is 0 Å². The van der Waals surface area contributed by atoms with E-state index < -0.39 is 0 Å². The molecular formula is C47H34N2O. The molecule has 2 heterocycles. The van der Waals surface area contributed by atoms with Crippen LogP contribution in [0.4, 0.5) is 17.1 Å². The SMILES string of the molecule is c1ccc(-n2c3ccccc3c3ccc(N(c4ccc5c(c4)C4(CCCC4)c4ccccc4-5)c4ccc5c(c4)oc4ccccc45)cc32)cc1. The zero-order valence-corrected chi connectivity index (χ0v) is 27.6. The van der Waals surface area contributed by atoms with Crippen LogP contribution in [0.15, 0.2) is 162 Å². The maximum atomic E-state index is 6.46. The Bertz CT molecular complexity index is 2780. The van der Waals surface area contributed by atoms with Gasteiger partial charge in [-0.25, -0.2) is 0 Å². The number of fused-ring (bicyclic) bond motifs is 11. The summed E-state index contributed by atoms with van der Waals surface area (Å²) in [7, 11) is 0. The Balaban J connectivity index is 1.17. The Hall–Kier alpha value is -6.06. The van der Waals surface area contributed by atoms with E-state index in [9.17, 15) is 0 Å². The standard InChI is InChI=1S/C47H34N2O/c1-2-12-31(13-3-1)49-43-18-8-5-15-37(43)38-24-21-33(29-44(38)49)48(34-22-25-40-39-16-6-9-19-45(39)50-46(40)30-34)32-20-23-36-35-14-4-7-17-41(35)47(42(36)28-32)26-10-11-27-47/h1-9,12-25,28-30H,10-11,26-27H2. The van der Waals surface area contributed by atoms with E-state index in [1.807, 2.05) is 6.07 Å². The van der Waals surface area contributed by atoms with Crippen LogP contribution in [0.25, 0.3) is 60.6 Å². The first-order valence-electron chi connectivity index (χ1n) is 17.8. The van der Waals surface area contributed by atoms with Crippen molar-refractivity contribution in [2.75, 3.05) is 4.90 Å². The maximum Gasteiger partial charge on any atom is 0.137 e. The first-order valence-corrected chi connectivity index (χ1v) is 17.8. The summed E-state index contributed by atoms with van der Waals surface area (Å²) in [6.45, 7) is 0. The second-order valence-electron chi connectivity index (χ2n) is 14.1. The highest BCUT2D eigenvalue weighted by atomic mass is 16.3. The lowest BCUT2D eigenvalue weighted by molar-refractivity contribution is 0.550. The summed E-state index contributed by atoms with van der Waals surface area (Å²) in [5, 5.41) is 4.79. The first-order chi connectivity index (χ1) is 24.8. The number of aromatic nitrogens is 1. The maximum absolute atomic E-state index is 6.46. The zero-order valence-electron chi connectivity index (χ0n) is 27.6. The molecule has 50 heavy (non-hydrogen) atoms. The van der Waals surface area contributed by atoms with Gasteiger partial charge in [0.25, 0.3) is 0 Å². The molecule has 2 aliphatic rings. The molecule has 3 heteroatoms. The van der Waals surface area contributed by atoms with Crippen molar-refractivity contribution in [1.82, 2.24) is 4.57 Å². The summed E-state index contributed by atoms with van der Waals surface area (Å²) in [6, 6.07) is 57.8. The van der Waals surface area contributed by atoms with Gasteiger partial charge in [-0.3, -0.25) is 0 Å². The van der Waals surface area contributed by atoms with Gasteiger partial charge in [0.15, 0.2) is 0 Å². The van der Waals surface area contributed by atoms with Crippen LogP contribution >= 0.6 is 0 Å². The predicted molar refractivity (Wildman–Crippen MR) is 207 cm³/mol. The van der Waals surface area contributed by atoms with Crippen LogP contribution in [0.5, 0.6) is 0 Å². The largest absolute Gasteiger partial charge is 0.456 e. The monoisotopic (exact) mass is 642 g/mol. The number of furan rings is 1. The van der Waals surface area contributed by atoms with Crippen molar-refractivity contribution in [2.45, 2.75) is 31.1 Å². The summed E-state index contributed by atoms with van der Waals surface area (Å²) < 4.78 is 8.87. The van der Waals surface area contributed by atoms with Crippen LogP contribution in [0.3, 0.4) is 0 Å². The molecule has 0 aliphatic heterocycles. The average molecular weight is 643 g/mol. The van der Waals surface area contributed by atoms with Gasteiger partial charge in [-0.15, -0.1) is 0 Å². The minimum atomic E-state index is 0.0833. The Morgan fingerprint density at radius 2 is 1.08 bits per heavy atom. The highest BCUT2D eigenvalue weighted by Gasteiger charge is 2.45. The van der Waals surface area contributed by atoms with Crippen molar-refractivity contribution < 1.29 is 4.42 Å². The summed E-state index contributed by atoms with van der Waals surface area (Å²) in [5.74, 6) is 0. The topological polar surface area (TPSA) is 21.3 Å². The van der Waals surface area contributed by atoms with Gasteiger partial charge in [-0.05, 0) is 95.8 Å². The van der Waals surface area contributed by atoms with Crippen molar-refractivity contribution in [2.24, 2.45) is 0 Å². The second kappa shape index (κ2) is 10.5. The van der Waals surface area contributed by atoms with Gasteiger partial charge in [-0.1, -0.05) is 104 Å². The lowest BCUT2D eigenvalue weighted by Crippen LogP contribution is -2.21. The van der Waals surface area contributed by atoms with Crippen LogP contribution in [-0.2, 0) is 5.41 Å². The molecule has 9 aromatic rings. The van der Waals surface area contributed by atoms with E-state index in [-0.39, 0.29) is 5.41 Å². The minimum Gasteiger partial charge on any atom is -0.456 e. The molecule has 1 saturated carbocycles. The van der Waals surface area contributed by atoms with Gasteiger partial charge in [0.2, 0.25) is 0 Å². The molecule has 0 unspecified atom stereocenters. The third kappa shape index (κ3) is 3.86. The lowest BCUT2D eigenvalue weighted by Gasteiger charge is -2.30. The molecule has 1 spiro atoms. The fourth-order valence-corrected chi connectivity index (χ4v) is 9.35. The fraction of sp³-hybridized carbons (Fsp3) is 0.106. The van der Waals surface area contributed by atoms with Crippen LogP contribution in [0, 0.1) is 0 Å². The third-order valence-electron chi connectivity index (χ3n) is 11.5. The Morgan fingerprint density at radius 3 is 1.96 bits per heavy atom. The molecule has 11 rings (SSSR count). The van der Waals surface area contributed by atoms with Gasteiger partial charge in [0.1, 0.15) is 11.2 Å². The molecule has 2 aromatic heterocycles. The van der Waals surface area contributed by atoms with Gasteiger partial charge < -0.3 is 13.9 Å². The molecular weight excluding hydrogens is 609 g/mol. The van der Waals surface area contributed by atoms with E-state index in [0.29, 0.717) is 0 Å². The number of benzene rings is 7. The van der Waals surface area contributed by atoms with Crippen LogP contribution < -0.4 is 4.90 Å². The molecule has 0 amide bonds. The van der Waals surface area contributed by atoms with Gasteiger partial charge in [0.05, 0.1) is 11.0 Å². The van der Waals surface area contributed by atoms with Gasteiger partial charge in [-0.2, -0.15) is 0 Å². The average Bonchev–Trinajstić information content (AvgIpc) is 3.94. The number of nitrogens with zero attached hydrogens (tertiary/aromatic N) is 2. The molecule has 0 atom stereocenters. The van der Waals surface area contributed by atoms with E-state index in [1.54, 1.807) is 0 Å². The number of rotatable bonds is 4. The summed E-state index contributed by atoms with van der Waals surface area (Å²) >= 11 is 0. The number of para-hydroxylation sites is 3. The highest BCUT2D eigenvalue weighted by Crippen LogP contribution is 2.58. The first kappa shape index (κ1) is 27.8. The predicted octanol–water partition coefficient (Wildman–Crippen LogP) is 13.0. The van der Waals surface area contributed by atoms with Gasteiger partial charge in [0, 0.05) is 55.8 Å². The van der Waals surface area contributed by atoms with Gasteiger partial charge >= 0.3 is 0 Å². The van der Waals surface area contributed by atoms with E-state index >= 15 is 0 Å². The van der Waals surface area contributed by atoms with Crippen LogP contribution in [0.2, 0.25) is 0 Å². The second-order valence-corrected chi connectivity index (χ2v) is 14.1. The molecule has 1 fully saturated rings. The molecule has 3 nitrogen and oxygen atoms in total. The molecule has 7 aromatic carbocycles. The molecule has 0 bridgehead atoms. The van der Waals surface area contributed by atoms with Crippen LogP contribution in [-0.4, -0.2) is 4.57 Å². The number of anilines is 3. The smallest absolute Gasteiger partial charge is 0.137 e. The molecule has 238 valence electrons. The van der Waals surface area contributed by atoms with Crippen LogP contribution in [0.1, 0.15) is 36.8 Å². The van der Waals surface area contributed by atoms with Crippen molar-refractivity contribution in [3.63, 3.8) is 0 Å². The number of hydrogen-bond donors (Lipinski definition) is 0. The molecule has 2 aliphatic carbocycles. The zero-order chi connectivity index (χ0) is 32.8. The lowest BCUT2D eigenvalue weighted by atomic mass is 9.76. The Morgan fingerprint density at radius 1 is 0.460 bits per heavy atom. The van der Waals surface area contributed by atoms with E-state index in [0.717, 1.165) is 39.0 Å². The van der Waals surface area contributed by atoms with E-state index in [4.69, 9.17) is 4.42 Å². The quantitative estimate of drug-likeness (QED) is 0.190. The van der Waals surface area contributed by atoms with Crippen molar-refractivity contribution >= 4 is 60.8 Å². The minimum absolute atomic E-state index is 0.0833. The Kier molecular flexibility index (Phi) is 5.83. The number of hydrogen-bond acceptors (Lipinski definition) is 2. The molecule has 0 saturated heterocycles. The summed E-state index contributed by atoms with van der Waals surface area (Å²) in [5.41, 5.74) is 14.6. The fourth-order valence-electron chi connectivity index (χ4n) is 9.35. The Labute approximate surface area is 290 Å². The third-order valence-corrected chi connectivity index (χ3v) is 11.5. The van der Waals surface area contributed by atoms with E-state index in [2.05, 4.69) is 161 Å². The normalized spacial score (nSPS) is 14.6. The summed E-state index contributed by atoms with van der Waals surface area (Å²) in [4.78, 5) is 2.44. The van der Waals surface area contributed by atoms with E-state index in [1.165, 1.54) is 75.4 Å². The summed E-state index contributed by atoms with van der Waals surface area (Å²) in [6.07, 6.45) is 4.94. The van der Waals surface area contributed by atoms with Crippen molar-refractivity contribution in [3.05, 3.63) is 169 Å². The van der Waals surface area contributed by atoms with Crippen molar-refractivity contribution in [3.8, 4) is 16.8 Å². The molecule has 0 radical (unpaired) electrons.